The zero-order valence-electron chi connectivity index (χ0n) is 21.9. The molecule has 1 aliphatic rings. The SMILES string of the molecule is COC(=O)C1CN(CC(=O)c2cc(C(C)(C)C)c(O)c(C(C)(C)C)c2)C(=N)C1Cc1ccccc1. The van der Waals surface area contributed by atoms with Crippen molar-refractivity contribution in [3.8, 4) is 5.75 Å². The molecule has 1 heterocycles. The number of carbonyl (C=O) groups is 2. The maximum Gasteiger partial charge on any atom is 0.311 e. The van der Waals surface area contributed by atoms with Gasteiger partial charge < -0.3 is 14.7 Å². The van der Waals surface area contributed by atoms with E-state index in [4.69, 9.17) is 10.1 Å². The number of nitrogens with zero attached hydrogens (tertiary/aromatic N) is 1. The van der Waals surface area contributed by atoms with Gasteiger partial charge in [-0.15, -0.1) is 0 Å². The van der Waals surface area contributed by atoms with Crippen molar-refractivity contribution in [1.29, 1.82) is 5.41 Å². The minimum Gasteiger partial charge on any atom is -0.507 e. The van der Waals surface area contributed by atoms with Gasteiger partial charge in [-0.1, -0.05) is 71.9 Å². The summed E-state index contributed by atoms with van der Waals surface area (Å²) in [5.74, 6) is -0.856. The van der Waals surface area contributed by atoms with Crippen molar-refractivity contribution in [2.45, 2.75) is 58.8 Å². The van der Waals surface area contributed by atoms with E-state index in [-0.39, 0.29) is 53.2 Å². The number of benzene rings is 2. The van der Waals surface area contributed by atoms with Gasteiger partial charge >= 0.3 is 5.97 Å². The Hall–Kier alpha value is -3.15. The molecule has 6 heteroatoms. The molecular weight excluding hydrogens is 440 g/mol. The summed E-state index contributed by atoms with van der Waals surface area (Å²) in [5, 5.41) is 19.8. The predicted octanol–water partition coefficient (Wildman–Crippen LogP) is 5.11. The van der Waals surface area contributed by atoms with Crippen LogP contribution in [0.4, 0.5) is 0 Å². The number of carbonyl (C=O) groups excluding carboxylic acids is 2. The lowest BCUT2D eigenvalue weighted by molar-refractivity contribution is -0.146. The van der Waals surface area contributed by atoms with Gasteiger partial charge in [0.2, 0.25) is 0 Å². The second kappa shape index (κ2) is 9.84. The molecule has 1 saturated heterocycles. The number of amidine groups is 1. The Morgan fingerprint density at radius 2 is 1.57 bits per heavy atom. The fraction of sp³-hybridized carbons (Fsp3) is 0.483. The van der Waals surface area contributed by atoms with Crippen molar-refractivity contribution in [2.75, 3.05) is 20.2 Å². The molecule has 0 spiro atoms. The fourth-order valence-electron chi connectivity index (χ4n) is 4.74. The predicted molar refractivity (Wildman–Crippen MR) is 138 cm³/mol. The average molecular weight is 479 g/mol. The van der Waals surface area contributed by atoms with Crippen LogP contribution in [0.5, 0.6) is 5.75 Å². The highest BCUT2D eigenvalue weighted by atomic mass is 16.5. The number of phenolic OH excluding ortho intramolecular Hbond substituents is 1. The van der Waals surface area contributed by atoms with Gasteiger partial charge in [-0.25, -0.2) is 0 Å². The summed E-state index contributed by atoms with van der Waals surface area (Å²) in [6.07, 6.45) is 0.533. The minimum atomic E-state index is -0.504. The van der Waals surface area contributed by atoms with Crippen LogP contribution in [0, 0.1) is 17.2 Å². The molecule has 2 aromatic carbocycles. The van der Waals surface area contributed by atoms with E-state index in [1.54, 1.807) is 17.0 Å². The summed E-state index contributed by atoms with van der Waals surface area (Å²) < 4.78 is 5.03. The van der Waals surface area contributed by atoms with Gasteiger partial charge in [-0.05, 0) is 34.9 Å². The van der Waals surface area contributed by atoms with Crippen LogP contribution >= 0.6 is 0 Å². The third-order valence-corrected chi connectivity index (χ3v) is 6.78. The van der Waals surface area contributed by atoms with Gasteiger partial charge in [0, 0.05) is 29.2 Å². The van der Waals surface area contributed by atoms with Crippen LogP contribution in [-0.2, 0) is 26.8 Å². The summed E-state index contributed by atoms with van der Waals surface area (Å²) in [7, 11) is 1.36. The molecule has 2 atom stereocenters. The van der Waals surface area contributed by atoms with E-state index >= 15 is 0 Å². The monoisotopic (exact) mass is 478 g/mol. The Morgan fingerprint density at radius 1 is 1.03 bits per heavy atom. The smallest absolute Gasteiger partial charge is 0.311 e. The molecule has 1 fully saturated rings. The lowest BCUT2D eigenvalue weighted by Gasteiger charge is -2.28. The number of methoxy groups -OCH3 is 1. The number of Topliss-reactive ketones (excluding diaryl/α,β-unsaturated/α-hetero) is 1. The molecule has 2 N–H and O–H groups in total. The van der Waals surface area contributed by atoms with E-state index in [9.17, 15) is 14.7 Å². The van der Waals surface area contributed by atoms with E-state index < -0.39 is 5.92 Å². The summed E-state index contributed by atoms with van der Waals surface area (Å²) in [4.78, 5) is 27.7. The number of nitrogens with one attached hydrogen (secondary N) is 1. The molecule has 35 heavy (non-hydrogen) atoms. The topological polar surface area (TPSA) is 90.7 Å². The van der Waals surface area contributed by atoms with Gasteiger partial charge in [0.15, 0.2) is 5.78 Å². The first-order valence-electron chi connectivity index (χ1n) is 12.1. The molecule has 0 amide bonds. The summed E-state index contributed by atoms with van der Waals surface area (Å²) in [5.41, 5.74) is 2.28. The number of ether oxygens (including phenoxy) is 1. The molecule has 0 aromatic heterocycles. The average Bonchev–Trinajstić information content (AvgIpc) is 3.07. The maximum absolute atomic E-state index is 13.5. The first-order chi connectivity index (χ1) is 16.2. The number of likely N-dealkylation sites (tertiary alicyclic amines) is 1. The maximum atomic E-state index is 13.5. The first kappa shape index (κ1) is 26.5. The van der Waals surface area contributed by atoms with Crippen molar-refractivity contribution in [2.24, 2.45) is 11.8 Å². The molecule has 6 nitrogen and oxygen atoms in total. The van der Waals surface area contributed by atoms with Crippen molar-refractivity contribution in [3.05, 3.63) is 64.7 Å². The number of phenols is 1. The van der Waals surface area contributed by atoms with Crippen molar-refractivity contribution in [1.82, 2.24) is 4.90 Å². The van der Waals surface area contributed by atoms with Gasteiger partial charge in [0.25, 0.3) is 0 Å². The third-order valence-electron chi connectivity index (χ3n) is 6.78. The van der Waals surface area contributed by atoms with E-state index in [1.807, 2.05) is 71.9 Å². The third kappa shape index (κ3) is 5.75. The summed E-state index contributed by atoms with van der Waals surface area (Å²) >= 11 is 0. The minimum absolute atomic E-state index is 0.00441. The molecular formula is C29H38N2O4. The van der Waals surface area contributed by atoms with Gasteiger partial charge in [0.1, 0.15) is 11.6 Å². The van der Waals surface area contributed by atoms with Gasteiger partial charge in [0.05, 0.1) is 19.6 Å². The van der Waals surface area contributed by atoms with E-state index in [1.165, 1.54) is 7.11 Å². The van der Waals surface area contributed by atoms with Crippen LogP contribution in [-0.4, -0.2) is 47.8 Å². The number of rotatable bonds is 6. The standard InChI is InChI=1S/C29H38N2O4/c1-28(2,3)22-14-19(15-23(25(22)33)29(4,5)6)24(32)17-31-16-21(27(34)35-7)20(26(31)30)13-18-11-9-8-10-12-18/h8-12,14-15,20-21,30,33H,13,16-17H2,1-7H3. The first-order valence-corrected chi connectivity index (χ1v) is 12.1. The second-order valence-electron chi connectivity index (χ2n) is 11.5. The van der Waals surface area contributed by atoms with Crippen LogP contribution in [0.15, 0.2) is 42.5 Å². The van der Waals surface area contributed by atoms with Crippen LogP contribution in [0.3, 0.4) is 0 Å². The van der Waals surface area contributed by atoms with Crippen molar-refractivity contribution in [3.63, 3.8) is 0 Å². The molecule has 3 rings (SSSR count). The van der Waals surface area contributed by atoms with Crippen LogP contribution in [0.25, 0.3) is 0 Å². The van der Waals surface area contributed by atoms with Gasteiger partial charge in [-0.2, -0.15) is 0 Å². The molecule has 188 valence electrons. The Kier molecular flexibility index (Phi) is 7.44. The highest BCUT2D eigenvalue weighted by molar-refractivity contribution is 6.01. The zero-order valence-corrected chi connectivity index (χ0v) is 21.9. The van der Waals surface area contributed by atoms with Crippen LogP contribution in [0.1, 0.15) is 68.6 Å². The summed E-state index contributed by atoms with van der Waals surface area (Å²) in [6, 6.07) is 13.3. The lowest BCUT2D eigenvalue weighted by Crippen LogP contribution is -2.33. The molecule has 2 unspecified atom stereocenters. The van der Waals surface area contributed by atoms with E-state index in [0.717, 1.165) is 16.7 Å². The molecule has 0 bridgehead atoms. The normalized spacial score (nSPS) is 18.6. The molecule has 0 aliphatic carbocycles. The number of hydrogen-bond donors (Lipinski definition) is 2. The largest absolute Gasteiger partial charge is 0.507 e. The zero-order chi connectivity index (χ0) is 26.1. The quantitative estimate of drug-likeness (QED) is 0.445. The fourth-order valence-corrected chi connectivity index (χ4v) is 4.74. The van der Waals surface area contributed by atoms with Crippen LogP contribution in [0.2, 0.25) is 0 Å². The number of hydrogen-bond acceptors (Lipinski definition) is 5. The highest BCUT2D eigenvalue weighted by Gasteiger charge is 2.43. The Labute approximate surface area is 208 Å². The van der Waals surface area contributed by atoms with E-state index in [0.29, 0.717) is 12.0 Å². The molecule has 1 aliphatic heterocycles. The number of aromatic hydroxyl groups is 1. The van der Waals surface area contributed by atoms with Crippen LogP contribution < -0.4 is 0 Å². The summed E-state index contributed by atoms with van der Waals surface area (Å²) in [6.45, 7) is 12.3. The number of ketones is 1. The Morgan fingerprint density at radius 3 is 2.06 bits per heavy atom. The lowest BCUT2D eigenvalue weighted by atomic mass is 9.78. The second-order valence-corrected chi connectivity index (χ2v) is 11.5. The molecule has 0 radical (unpaired) electrons. The molecule has 0 saturated carbocycles. The van der Waals surface area contributed by atoms with E-state index in [2.05, 4.69) is 0 Å². The number of esters is 1. The Balaban J connectivity index is 1.91. The Bertz CT molecular complexity index is 1070. The molecule has 2 aromatic rings. The highest BCUT2D eigenvalue weighted by Crippen LogP contribution is 2.40. The van der Waals surface area contributed by atoms with Crippen molar-refractivity contribution >= 4 is 17.6 Å². The van der Waals surface area contributed by atoms with Gasteiger partial charge in [-0.3, -0.25) is 15.0 Å². The van der Waals surface area contributed by atoms with Crippen molar-refractivity contribution < 1.29 is 19.4 Å².